The summed E-state index contributed by atoms with van der Waals surface area (Å²) in [5, 5.41) is 8.31. The van der Waals surface area contributed by atoms with Crippen LogP contribution in [0.3, 0.4) is 0 Å². The quantitative estimate of drug-likeness (QED) is 0.745. The number of anilines is 1. The van der Waals surface area contributed by atoms with E-state index in [1.54, 1.807) is 18.2 Å². The fourth-order valence-corrected chi connectivity index (χ4v) is 3.88. The van der Waals surface area contributed by atoms with E-state index in [0.29, 0.717) is 5.69 Å². The first-order valence-electron chi connectivity index (χ1n) is 6.29. The number of aromatic nitrogens is 2. The highest BCUT2D eigenvalue weighted by atomic mass is 35.5. The van der Waals surface area contributed by atoms with Gasteiger partial charge in [-0.05, 0) is 43.3 Å². The van der Waals surface area contributed by atoms with Crippen LogP contribution in [0.2, 0.25) is 10.0 Å². The second-order valence-corrected chi connectivity index (χ2v) is 7.34. The Hall–Kier alpha value is -1.76. The third kappa shape index (κ3) is 2.90. The molecule has 3 aromatic rings. The third-order valence-electron chi connectivity index (χ3n) is 3.15. The monoisotopic (exact) mass is 355 g/mol. The minimum absolute atomic E-state index is 0.00834. The van der Waals surface area contributed by atoms with Gasteiger partial charge in [-0.25, -0.2) is 8.42 Å². The number of halogens is 2. The molecule has 2 aromatic carbocycles. The highest BCUT2D eigenvalue weighted by molar-refractivity contribution is 7.92. The normalized spacial score (nSPS) is 11.8. The highest BCUT2D eigenvalue weighted by Gasteiger charge is 2.16. The molecule has 114 valence electrons. The Morgan fingerprint density at radius 2 is 1.77 bits per heavy atom. The van der Waals surface area contributed by atoms with E-state index >= 15 is 0 Å². The molecule has 5 nitrogen and oxygen atoms in total. The first-order valence-corrected chi connectivity index (χ1v) is 8.53. The van der Waals surface area contributed by atoms with Crippen molar-refractivity contribution in [2.75, 3.05) is 4.72 Å². The number of nitrogens with zero attached hydrogens (tertiary/aromatic N) is 1. The smallest absolute Gasteiger partial charge is 0.261 e. The van der Waals surface area contributed by atoms with Gasteiger partial charge in [0.05, 0.1) is 16.1 Å². The standard InChI is InChI=1S/C14H11Cl2N3O2S/c1-8-13-7-11(2-3-14(13)18-17-8)19-22(20,21)12-5-9(15)4-10(16)6-12/h2-7,19H,1H3,(H,17,18). The molecule has 1 heterocycles. The zero-order valence-corrected chi connectivity index (χ0v) is 13.7. The number of aryl methyl sites for hydroxylation is 1. The number of nitrogens with one attached hydrogen (secondary N) is 2. The summed E-state index contributed by atoms with van der Waals surface area (Å²) in [6.07, 6.45) is 0. The van der Waals surface area contributed by atoms with Gasteiger partial charge in [0, 0.05) is 21.1 Å². The molecule has 0 atom stereocenters. The van der Waals surface area contributed by atoms with Crippen LogP contribution in [0.15, 0.2) is 41.3 Å². The van der Waals surface area contributed by atoms with Crippen molar-refractivity contribution in [3.8, 4) is 0 Å². The van der Waals surface area contributed by atoms with E-state index in [9.17, 15) is 8.42 Å². The minimum Gasteiger partial charge on any atom is -0.280 e. The SMILES string of the molecule is Cc1n[nH]c2ccc(NS(=O)(=O)c3cc(Cl)cc(Cl)c3)cc12. The summed E-state index contributed by atoms with van der Waals surface area (Å²) in [5.41, 5.74) is 2.07. The maximum atomic E-state index is 12.4. The van der Waals surface area contributed by atoms with Crippen LogP contribution in [0.4, 0.5) is 5.69 Å². The van der Waals surface area contributed by atoms with Crippen molar-refractivity contribution in [3.63, 3.8) is 0 Å². The van der Waals surface area contributed by atoms with Crippen molar-refractivity contribution in [1.29, 1.82) is 0 Å². The number of hydrogen-bond acceptors (Lipinski definition) is 3. The molecule has 0 amide bonds. The maximum Gasteiger partial charge on any atom is 0.261 e. The fourth-order valence-electron chi connectivity index (χ4n) is 2.11. The molecule has 0 aliphatic rings. The average Bonchev–Trinajstić information content (AvgIpc) is 2.79. The van der Waals surface area contributed by atoms with Crippen molar-refractivity contribution in [3.05, 3.63) is 52.1 Å². The van der Waals surface area contributed by atoms with Crippen LogP contribution in [0.5, 0.6) is 0 Å². The number of sulfonamides is 1. The van der Waals surface area contributed by atoms with E-state index < -0.39 is 10.0 Å². The molecule has 0 unspecified atom stereocenters. The molecule has 0 radical (unpaired) electrons. The summed E-state index contributed by atoms with van der Waals surface area (Å²) in [4.78, 5) is 0.00834. The summed E-state index contributed by atoms with van der Waals surface area (Å²) >= 11 is 11.7. The van der Waals surface area contributed by atoms with Crippen molar-refractivity contribution in [1.82, 2.24) is 10.2 Å². The molecule has 3 rings (SSSR count). The number of H-pyrrole nitrogens is 1. The van der Waals surface area contributed by atoms with Gasteiger partial charge < -0.3 is 0 Å². The van der Waals surface area contributed by atoms with E-state index in [1.165, 1.54) is 18.2 Å². The summed E-state index contributed by atoms with van der Waals surface area (Å²) in [6.45, 7) is 1.84. The first kappa shape index (κ1) is 15.1. The van der Waals surface area contributed by atoms with Crippen LogP contribution in [-0.4, -0.2) is 18.6 Å². The van der Waals surface area contributed by atoms with Gasteiger partial charge in [0.25, 0.3) is 10.0 Å². The van der Waals surface area contributed by atoms with Gasteiger partial charge in [0.2, 0.25) is 0 Å². The Balaban J connectivity index is 2.00. The Bertz CT molecular complexity index is 947. The lowest BCUT2D eigenvalue weighted by Gasteiger charge is -2.09. The molecular weight excluding hydrogens is 345 g/mol. The van der Waals surface area contributed by atoms with Crippen LogP contribution in [-0.2, 0) is 10.0 Å². The average molecular weight is 356 g/mol. The lowest BCUT2D eigenvalue weighted by molar-refractivity contribution is 0.601. The van der Waals surface area contributed by atoms with Gasteiger partial charge in [-0.3, -0.25) is 9.82 Å². The van der Waals surface area contributed by atoms with E-state index in [2.05, 4.69) is 14.9 Å². The predicted octanol–water partition coefficient (Wildman–Crippen LogP) is 3.98. The summed E-state index contributed by atoms with van der Waals surface area (Å²) < 4.78 is 27.3. The fraction of sp³-hybridized carbons (Fsp3) is 0.0714. The summed E-state index contributed by atoms with van der Waals surface area (Å²) in [6, 6.07) is 9.30. The van der Waals surface area contributed by atoms with Crippen molar-refractivity contribution in [2.45, 2.75) is 11.8 Å². The van der Waals surface area contributed by atoms with E-state index in [0.717, 1.165) is 16.6 Å². The molecule has 8 heteroatoms. The zero-order valence-electron chi connectivity index (χ0n) is 11.4. The highest BCUT2D eigenvalue weighted by Crippen LogP contribution is 2.26. The molecule has 0 saturated heterocycles. The van der Waals surface area contributed by atoms with E-state index in [1.807, 2.05) is 6.92 Å². The predicted molar refractivity (Wildman–Crippen MR) is 88.1 cm³/mol. The largest absolute Gasteiger partial charge is 0.280 e. The van der Waals surface area contributed by atoms with Crippen LogP contribution < -0.4 is 4.72 Å². The Kier molecular flexibility index (Phi) is 3.76. The number of rotatable bonds is 3. The molecule has 0 fully saturated rings. The number of benzene rings is 2. The van der Waals surface area contributed by atoms with Gasteiger partial charge in [0.1, 0.15) is 0 Å². The van der Waals surface area contributed by atoms with E-state index in [-0.39, 0.29) is 14.9 Å². The minimum atomic E-state index is -3.77. The van der Waals surface area contributed by atoms with Gasteiger partial charge in [0.15, 0.2) is 0 Å². The number of hydrogen-bond donors (Lipinski definition) is 2. The second-order valence-electron chi connectivity index (χ2n) is 4.78. The van der Waals surface area contributed by atoms with Crippen LogP contribution in [0.1, 0.15) is 5.69 Å². The molecule has 0 aliphatic carbocycles. The van der Waals surface area contributed by atoms with Crippen molar-refractivity contribution in [2.24, 2.45) is 0 Å². The zero-order chi connectivity index (χ0) is 15.9. The Labute approximate surface area is 137 Å². The Morgan fingerprint density at radius 1 is 1.09 bits per heavy atom. The van der Waals surface area contributed by atoms with Gasteiger partial charge in [-0.2, -0.15) is 5.10 Å². The van der Waals surface area contributed by atoms with Crippen molar-refractivity contribution < 1.29 is 8.42 Å². The molecule has 0 bridgehead atoms. The van der Waals surface area contributed by atoms with Crippen LogP contribution in [0, 0.1) is 6.92 Å². The first-order chi connectivity index (χ1) is 10.3. The number of aromatic amines is 1. The van der Waals surface area contributed by atoms with Crippen molar-refractivity contribution >= 4 is 49.8 Å². The molecule has 2 N–H and O–H groups in total. The number of fused-ring (bicyclic) bond motifs is 1. The Morgan fingerprint density at radius 3 is 2.45 bits per heavy atom. The topological polar surface area (TPSA) is 74.8 Å². The van der Waals surface area contributed by atoms with E-state index in [4.69, 9.17) is 23.2 Å². The summed E-state index contributed by atoms with van der Waals surface area (Å²) in [5.74, 6) is 0. The second kappa shape index (κ2) is 5.46. The van der Waals surface area contributed by atoms with Gasteiger partial charge >= 0.3 is 0 Å². The lowest BCUT2D eigenvalue weighted by Crippen LogP contribution is -2.12. The molecular formula is C14H11Cl2N3O2S. The lowest BCUT2D eigenvalue weighted by atomic mass is 10.2. The summed E-state index contributed by atoms with van der Waals surface area (Å²) in [7, 11) is -3.77. The molecule has 1 aromatic heterocycles. The van der Waals surface area contributed by atoms with Crippen LogP contribution >= 0.6 is 23.2 Å². The molecule has 0 aliphatic heterocycles. The van der Waals surface area contributed by atoms with Gasteiger partial charge in [-0.1, -0.05) is 23.2 Å². The van der Waals surface area contributed by atoms with Gasteiger partial charge in [-0.15, -0.1) is 0 Å². The molecule has 22 heavy (non-hydrogen) atoms. The molecule has 0 saturated carbocycles. The van der Waals surface area contributed by atoms with Crippen LogP contribution in [0.25, 0.3) is 10.9 Å². The third-order valence-corrected chi connectivity index (χ3v) is 4.95. The maximum absolute atomic E-state index is 12.4. The molecule has 0 spiro atoms.